The van der Waals surface area contributed by atoms with E-state index in [0.717, 1.165) is 0 Å². The van der Waals surface area contributed by atoms with E-state index in [9.17, 15) is 9.59 Å². The van der Waals surface area contributed by atoms with Gasteiger partial charge < -0.3 is 9.47 Å². The lowest BCUT2D eigenvalue weighted by atomic mass is 10.0. The lowest BCUT2D eigenvalue weighted by Crippen LogP contribution is -2.42. The van der Waals surface area contributed by atoms with Crippen LogP contribution in [0.3, 0.4) is 0 Å². The second-order valence-electron chi connectivity index (χ2n) is 9.19. The molecule has 2 atom stereocenters. The van der Waals surface area contributed by atoms with E-state index in [0.29, 0.717) is 22.7 Å². The van der Waals surface area contributed by atoms with Crippen molar-refractivity contribution < 1.29 is 19.1 Å². The maximum Gasteiger partial charge on any atom is 0.419 e. The Hall–Kier alpha value is -4.58. The third kappa shape index (κ3) is 6.40. The Morgan fingerprint density at radius 2 is 0.789 bits per heavy atom. The van der Waals surface area contributed by atoms with E-state index in [4.69, 9.17) is 9.47 Å². The van der Waals surface area contributed by atoms with Crippen LogP contribution in [-0.4, -0.2) is 24.4 Å². The molecule has 38 heavy (non-hydrogen) atoms. The summed E-state index contributed by atoms with van der Waals surface area (Å²) >= 11 is 0. The number of rotatable bonds is 8. The molecule has 6 heteroatoms. The fraction of sp³-hybridized carbons (Fsp3) is 0.188. The van der Waals surface area contributed by atoms with Gasteiger partial charge in [0, 0.05) is 0 Å². The number of hydrogen-bond acceptors (Lipinski definition) is 4. The third-order valence-corrected chi connectivity index (χ3v) is 6.07. The summed E-state index contributed by atoms with van der Waals surface area (Å²) in [5.41, 5.74) is 2.70. The van der Waals surface area contributed by atoms with E-state index in [2.05, 4.69) is 0 Å². The van der Waals surface area contributed by atoms with E-state index in [1.807, 2.05) is 135 Å². The molecule has 0 saturated carbocycles. The van der Waals surface area contributed by atoms with Gasteiger partial charge in [0.2, 0.25) is 0 Å². The maximum atomic E-state index is 13.6. The van der Waals surface area contributed by atoms with Crippen LogP contribution in [0.2, 0.25) is 0 Å². The fourth-order valence-corrected chi connectivity index (χ4v) is 4.25. The van der Waals surface area contributed by atoms with Gasteiger partial charge in [-0.3, -0.25) is 0 Å². The Morgan fingerprint density at radius 1 is 0.500 bits per heavy atom. The van der Waals surface area contributed by atoms with Gasteiger partial charge >= 0.3 is 12.2 Å². The molecule has 0 aliphatic carbocycles. The topological polar surface area (TPSA) is 59.1 Å². The van der Waals surface area contributed by atoms with Gasteiger partial charge in [-0.1, -0.05) is 86.6 Å². The molecule has 0 saturated heterocycles. The zero-order valence-electron chi connectivity index (χ0n) is 21.8. The van der Waals surface area contributed by atoms with Gasteiger partial charge in [0.15, 0.2) is 0 Å². The highest BCUT2D eigenvalue weighted by Gasteiger charge is 2.32. The number of para-hydroxylation sites is 4. The normalized spacial score (nSPS) is 12.3. The summed E-state index contributed by atoms with van der Waals surface area (Å²) in [6.07, 6.45) is -2.50. The van der Waals surface area contributed by atoms with Crippen molar-refractivity contribution in [1.82, 2.24) is 0 Å². The predicted molar refractivity (Wildman–Crippen MR) is 151 cm³/mol. The second kappa shape index (κ2) is 12.6. The molecule has 0 N–H and O–H groups in total. The van der Waals surface area contributed by atoms with Gasteiger partial charge in [-0.2, -0.15) is 0 Å². The highest BCUT2D eigenvalue weighted by Crippen LogP contribution is 2.29. The number of ether oxygens (including phenoxy) is 2. The van der Waals surface area contributed by atoms with Crippen LogP contribution in [0.4, 0.5) is 32.3 Å². The molecule has 4 rings (SSSR count). The highest BCUT2D eigenvalue weighted by molar-refractivity contribution is 5.97. The number of benzene rings is 4. The molecule has 0 aromatic heterocycles. The van der Waals surface area contributed by atoms with Crippen LogP contribution >= 0.6 is 0 Å². The molecule has 0 fully saturated rings. The van der Waals surface area contributed by atoms with Crippen molar-refractivity contribution in [3.8, 4) is 0 Å². The molecule has 2 unspecified atom stereocenters. The van der Waals surface area contributed by atoms with Crippen molar-refractivity contribution >= 4 is 34.9 Å². The number of carbonyl (C=O) groups is 2. The van der Waals surface area contributed by atoms with Crippen molar-refractivity contribution in [3.63, 3.8) is 0 Å². The first kappa shape index (κ1) is 26.5. The Morgan fingerprint density at radius 3 is 1.08 bits per heavy atom. The lowest BCUT2D eigenvalue weighted by Gasteiger charge is -2.32. The average molecular weight is 509 g/mol. The van der Waals surface area contributed by atoms with Crippen molar-refractivity contribution in [1.29, 1.82) is 0 Å². The summed E-state index contributed by atoms with van der Waals surface area (Å²) in [5.74, 6) is -0.114. The number of anilines is 4. The van der Waals surface area contributed by atoms with Gasteiger partial charge in [-0.25, -0.2) is 19.4 Å². The first-order chi connectivity index (χ1) is 18.5. The van der Waals surface area contributed by atoms with Crippen LogP contribution in [0.15, 0.2) is 121 Å². The summed E-state index contributed by atoms with van der Waals surface area (Å²) in [7, 11) is 0. The largest absolute Gasteiger partial charge is 0.442 e. The van der Waals surface area contributed by atoms with Gasteiger partial charge in [0.05, 0.1) is 22.7 Å². The lowest BCUT2D eigenvalue weighted by molar-refractivity contribution is -0.0166. The predicted octanol–water partition coefficient (Wildman–Crippen LogP) is 8.35. The minimum atomic E-state index is -0.713. The Labute approximate surface area is 224 Å². The van der Waals surface area contributed by atoms with E-state index in [-0.39, 0.29) is 5.92 Å². The second-order valence-corrected chi connectivity index (χ2v) is 9.19. The first-order valence-corrected chi connectivity index (χ1v) is 12.7. The van der Waals surface area contributed by atoms with Gasteiger partial charge in [-0.05, 0) is 61.4 Å². The van der Waals surface area contributed by atoms with Crippen LogP contribution in [0, 0.1) is 5.92 Å². The summed E-state index contributed by atoms with van der Waals surface area (Å²) in [4.78, 5) is 30.1. The van der Waals surface area contributed by atoms with E-state index < -0.39 is 24.4 Å². The molecular weight excluding hydrogens is 476 g/mol. The number of amides is 2. The molecule has 2 amide bonds. The Balaban J connectivity index is 1.56. The smallest absolute Gasteiger partial charge is 0.419 e. The van der Waals surface area contributed by atoms with Gasteiger partial charge in [0.25, 0.3) is 0 Å². The molecule has 0 bridgehead atoms. The Bertz CT molecular complexity index is 1220. The number of nitrogens with zero attached hydrogens (tertiary/aromatic N) is 2. The van der Waals surface area contributed by atoms with Gasteiger partial charge in [-0.15, -0.1) is 0 Å². The van der Waals surface area contributed by atoms with Crippen molar-refractivity contribution in [2.75, 3.05) is 9.80 Å². The highest BCUT2D eigenvalue weighted by atomic mass is 16.6. The Kier molecular flexibility index (Phi) is 8.77. The summed E-state index contributed by atoms with van der Waals surface area (Å²) in [6, 6.07) is 37.2. The summed E-state index contributed by atoms with van der Waals surface area (Å²) in [5, 5.41) is 0. The monoisotopic (exact) mass is 508 g/mol. The molecule has 0 heterocycles. The van der Waals surface area contributed by atoms with Crippen molar-refractivity contribution in [2.24, 2.45) is 5.92 Å². The van der Waals surface area contributed by atoms with Crippen LogP contribution in [-0.2, 0) is 9.47 Å². The minimum absolute atomic E-state index is 0.114. The quantitative estimate of drug-likeness (QED) is 0.240. The zero-order valence-corrected chi connectivity index (χ0v) is 21.8. The number of hydrogen-bond donors (Lipinski definition) is 0. The molecule has 194 valence electrons. The SMILES string of the molecule is CC(C)C(OC(=O)N(c1ccccc1)c1ccccc1)C(C)OC(=O)N(c1ccccc1)c1ccccc1. The average Bonchev–Trinajstić information content (AvgIpc) is 2.94. The minimum Gasteiger partial charge on any atom is -0.442 e. The molecule has 4 aromatic rings. The van der Waals surface area contributed by atoms with Crippen LogP contribution in [0.25, 0.3) is 0 Å². The maximum absolute atomic E-state index is 13.6. The first-order valence-electron chi connectivity index (χ1n) is 12.7. The van der Waals surface area contributed by atoms with E-state index >= 15 is 0 Å². The molecule has 0 radical (unpaired) electrons. The fourth-order valence-electron chi connectivity index (χ4n) is 4.25. The molecule has 0 aliphatic heterocycles. The number of carbonyl (C=O) groups excluding carboxylic acids is 2. The van der Waals surface area contributed by atoms with Crippen molar-refractivity contribution in [3.05, 3.63) is 121 Å². The standard InChI is InChI=1S/C32H32N2O4/c1-24(2)30(38-32(36)34(28-20-12-6-13-21-28)29-22-14-7-15-23-29)25(3)37-31(35)33(26-16-8-4-9-17-26)27-18-10-5-11-19-27/h4-25,30H,1-3H3. The van der Waals surface area contributed by atoms with E-state index in [1.165, 1.54) is 9.80 Å². The van der Waals surface area contributed by atoms with Crippen LogP contribution in [0.5, 0.6) is 0 Å². The van der Waals surface area contributed by atoms with Crippen LogP contribution < -0.4 is 9.80 Å². The van der Waals surface area contributed by atoms with Crippen LogP contribution in [0.1, 0.15) is 20.8 Å². The van der Waals surface area contributed by atoms with Crippen molar-refractivity contribution in [2.45, 2.75) is 33.0 Å². The zero-order chi connectivity index (χ0) is 26.9. The molecule has 0 aliphatic rings. The molecular formula is C32H32N2O4. The molecule has 0 spiro atoms. The summed E-state index contributed by atoms with van der Waals surface area (Å²) < 4.78 is 12.0. The summed E-state index contributed by atoms with van der Waals surface area (Å²) in [6.45, 7) is 5.62. The van der Waals surface area contributed by atoms with Gasteiger partial charge in [0.1, 0.15) is 12.2 Å². The third-order valence-electron chi connectivity index (χ3n) is 6.07. The van der Waals surface area contributed by atoms with E-state index in [1.54, 1.807) is 6.92 Å². The molecule has 6 nitrogen and oxygen atoms in total. The molecule has 4 aromatic carbocycles.